The number of anilines is 2. The summed E-state index contributed by atoms with van der Waals surface area (Å²) in [7, 11) is 0. The van der Waals surface area contributed by atoms with Crippen LogP contribution in [0.4, 0.5) is 11.8 Å². The van der Waals surface area contributed by atoms with Crippen molar-refractivity contribution in [1.29, 1.82) is 0 Å². The molecule has 1 atom stereocenters. The summed E-state index contributed by atoms with van der Waals surface area (Å²) < 4.78 is 0. The molecule has 3 heterocycles. The first-order chi connectivity index (χ1) is 14.1. The summed E-state index contributed by atoms with van der Waals surface area (Å²) >= 11 is 0. The van der Waals surface area contributed by atoms with Gasteiger partial charge in [0.1, 0.15) is 5.82 Å². The maximum atomic E-state index is 13.3. The molecule has 0 amide bonds. The van der Waals surface area contributed by atoms with E-state index in [9.17, 15) is 9.59 Å². The van der Waals surface area contributed by atoms with Crippen LogP contribution in [0.2, 0.25) is 0 Å². The van der Waals surface area contributed by atoms with Gasteiger partial charge in [-0.25, -0.2) is 0 Å². The third-order valence-corrected chi connectivity index (χ3v) is 6.28. The number of hydrogen-bond donors (Lipinski definition) is 2. The molecule has 0 saturated carbocycles. The number of aromatic nitrogens is 2. The van der Waals surface area contributed by atoms with Gasteiger partial charge in [-0.3, -0.25) is 14.6 Å². The van der Waals surface area contributed by atoms with Crippen LogP contribution in [0, 0.1) is 6.92 Å². The molecule has 1 aromatic carbocycles. The molecule has 0 bridgehead atoms. The summed E-state index contributed by atoms with van der Waals surface area (Å²) in [5, 5.41) is 3.37. The second kappa shape index (κ2) is 7.17. The highest BCUT2D eigenvalue weighted by atomic mass is 16.1. The first-order valence-corrected chi connectivity index (χ1v) is 10.6. The van der Waals surface area contributed by atoms with Crippen LogP contribution < -0.4 is 15.8 Å². The van der Waals surface area contributed by atoms with Crippen molar-refractivity contribution in [2.45, 2.75) is 51.4 Å². The standard InChI is InChI=1S/C23H26N4O2/c1-14-7-5-8-15(13-14)18-19-16(9-6-10-17(19)28)24-21-20(18)22(29)26-23(25-21)27-11-3-2-4-12-27/h5,7-8,13,18H,2-4,6,9-12H2,1H3,(H2,24,25,26,29). The SMILES string of the molecule is Cc1cccc(C2C3=C(CCCC3=O)Nc3nc(N4CCCCC4)[nH]c(=O)c32)c1. The first-order valence-electron chi connectivity index (χ1n) is 10.6. The van der Waals surface area contributed by atoms with Crippen LogP contribution in [-0.4, -0.2) is 28.8 Å². The number of aromatic amines is 1. The molecule has 1 aliphatic carbocycles. The maximum absolute atomic E-state index is 13.3. The Labute approximate surface area is 170 Å². The highest BCUT2D eigenvalue weighted by Crippen LogP contribution is 2.43. The number of ketones is 1. The van der Waals surface area contributed by atoms with Crippen LogP contribution in [0.25, 0.3) is 0 Å². The monoisotopic (exact) mass is 390 g/mol. The summed E-state index contributed by atoms with van der Waals surface area (Å²) in [5.41, 5.74) is 4.18. The lowest BCUT2D eigenvalue weighted by Crippen LogP contribution is -2.36. The van der Waals surface area contributed by atoms with Crippen LogP contribution >= 0.6 is 0 Å². The lowest BCUT2D eigenvalue weighted by Gasteiger charge is -2.34. The van der Waals surface area contributed by atoms with E-state index in [-0.39, 0.29) is 17.3 Å². The second-order valence-corrected chi connectivity index (χ2v) is 8.34. The van der Waals surface area contributed by atoms with Gasteiger partial charge in [-0.15, -0.1) is 0 Å². The fraction of sp³-hybridized carbons (Fsp3) is 0.435. The minimum absolute atomic E-state index is 0.135. The Bertz CT molecular complexity index is 1060. The van der Waals surface area contributed by atoms with Gasteiger partial charge in [0.05, 0.1) is 5.56 Å². The molecule has 0 radical (unpaired) electrons. The minimum Gasteiger partial charge on any atom is -0.343 e. The number of piperidine rings is 1. The van der Waals surface area contributed by atoms with Crippen molar-refractivity contribution in [3.05, 3.63) is 62.6 Å². The number of carbonyl (C=O) groups excluding carboxylic acids is 1. The van der Waals surface area contributed by atoms with Crippen LogP contribution in [0.1, 0.15) is 61.1 Å². The van der Waals surface area contributed by atoms with E-state index < -0.39 is 0 Å². The molecular formula is C23H26N4O2. The minimum atomic E-state index is -0.361. The molecule has 0 spiro atoms. The van der Waals surface area contributed by atoms with E-state index in [2.05, 4.69) is 21.3 Å². The van der Waals surface area contributed by atoms with Gasteiger partial charge in [0.15, 0.2) is 5.78 Å². The van der Waals surface area contributed by atoms with Crippen molar-refractivity contribution >= 4 is 17.5 Å². The van der Waals surface area contributed by atoms with Gasteiger partial charge in [0.2, 0.25) is 5.95 Å². The van der Waals surface area contributed by atoms with Crippen molar-refractivity contribution in [3.8, 4) is 0 Å². The third-order valence-electron chi connectivity index (χ3n) is 6.28. The van der Waals surface area contributed by atoms with Gasteiger partial charge in [0, 0.05) is 36.7 Å². The molecule has 1 fully saturated rings. The fourth-order valence-corrected chi connectivity index (χ4v) is 4.89. The second-order valence-electron chi connectivity index (χ2n) is 8.34. The van der Waals surface area contributed by atoms with Crippen LogP contribution in [0.3, 0.4) is 0 Å². The molecule has 1 saturated heterocycles. The Balaban J connectivity index is 1.68. The van der Waals surface area contributed by atoms with Crippen LogP contribution in [-0.2, 0) is 4.79 Å². The highest BCUT2D eigenvalue weighted by Gasteiger charge is 2.38. The summed E-state index contributed by atoms with van der Waals surface area (Å²) in [6.45, 7) is 3.86. The smallest absolute Gasteiger partial charge is 0.258 e. The number of allylic oxidation sites excluding steroid dienone is 2. The topological polar surface area (TPSA) is 78.1 Å². The van der Waals surface area contributed by atoms with E-state index in [0.29, 0.717) is 23.8 Å². The number of nitrogens with zero attached hydrogens (tertiary/aromatic N) is 2. The van der Waals surface area contributed by atoms with Crippen molar-refractivity contribution in [1.82, 2.24) is 9.97 Å². The van der Waals surface area contributed by atoms with Crippen LogP contribution in [0.5, 0.6) is 0 Å². The Hall–Kier alpha value is -2.89. The average molecular weight is 390 g/mol. The van der Waals surface area contributed by atoms with Gasteiger partial charge in [-0.2, -0.15) is 4.98 Å². The normalized spacial score (nSPS) is 21.5. The third kappa shape index (κ3) is 3.16. The summed E-state index contributed by atoms with van der Waals surface area (Å²) in [5.74, 6) is 1.01. The molecule has 2 aliphatic heterocycles. The highest BCUT2D eigenvalue weighted by molar-refractivity contribution is 6.00. The summed E-state index contributed by atoms with van der Waals surface area (Å²) in [4.78, 5) is 36.2. The van der Waals surface area contributed by atoms with Gasteiger partial charge >= 0.3 is 0 Å². The number of benzene rings is 1. The van der Waals surface area contributed by atoms with E-state index >= 15 is 0 Å². The molecule has 6 nitrogen and oxygen atoms in total. The number of rotatable bonds is 2. The Morgan fingerprint density at radius 1 is 1.07 bits per heavy atom. The number of H-pyrrole nitrogens is 1. The Morgan fingerprint density at radius 3 is 2.69 bits per heavy atom. The quantitative estimate of drug-likeness (QED) is 0.819. The zero-order chi connectivity index (χ0) is 20.0. The van der Waals surface area contributed by atoms with Crippen molar-refractivity contribution in [2.24, 2.45) is 0 Å². The predicted molar refractivity (Wildman–Crippen MR) is 113 cm³/mol. The number of carbonyl (C=O) groups is 1. The molecular weight excluding hydrogens is 364 g/mol. The molecule has 29 heavy (non-hydrogen) atoms. The van der Waals surface area contributed by atoms with E-state index in [0.717, 1.165) is 61.2 Å². The van der Waals surface area contributed by atoms with E-state index in [1.54, 1.807) is 0 Å². The Kier molecular flexibility index (Phi) is 4.49. The molecule has 6 heteroatoms. The molecule has 3 aliphatic rings. The largest absolute Gasteiger partial charge is 0.343 e. The number of fused-ring (bicyclic) bond motifs is 1. The van der Waals surface area contributed by atoms with E-state index in [1.165, 1.54) is 6.42 Å². The predicted octanol–water partition coefficient (Wildman–Crippen LogP) is 3.63. The fourth-order valence-electron chi connectivity index (χ4n) is 4.89. The first kappa shape index (κ1) is 18.2. The van der Waals surface area contributed by atoms with Gasteiger partial charge in [0.25, 0.3) is 5.56 Å². The molecule has 1 unspecified atom stereocenters. The number of Topliss-reactive ketones (excluding diaryl/α,β-unsaturated/α-hetero) is 1. The maximum Gasteiger partial charge on any atom is 0.258 e. The number of hydrogen-bond acceptors (Lipinski definition) is 5. The molecule has 1 aromatic heterocycles. The van der Waals surface area contributed by atoms with E-state index in [4.69, 9.17) is 4.98 Å². The molecule has 2 N–H and O–H groups in total. The van der Waals surface area contributed by atoms with Gasteiger partial charge < -0.3 is 10.2 Å². The number of nitrogens with one attached hydrogen (secondary N) is 2. The van der Waals surface area contributed by atoms with Gasteiger partial charge in [-0.1, -0.05) is 29.8 Å². The summed E-state index contributed by atoms with van der Waals surface area (Å²) in [6, 6.07) is 8.11. The van der Waals surface area contributed by atoms with Crippen LogP contribution in [0.15, 0.2) is 40.3 Å². The zero-order valence-electron chi connectivity index (χ0n) is 16.8. The molecule has 150 valence electrons. The molecule has 5 rings (SSSR count). The molecule has 2 aromatic rings. The number of aryl methyl sites for hydroxylation is 1. The van der Waals surface area contributed by atoms with Gasteiger partial charge in [-0.05, 0) is 44.6 Å². The average Bonchev–Trinajstić information content (AvgIpc) is 2.73. The van der Waals surface area contributed by atoms with Crippen molar-refractivity contribution in [3.63, 3.8) is 0 Å². The summed E-state index contributed by atoms with van der Waals surface area (Å²) in [6.07, 6.45) is 5.64. The zero-order valence-corrected chi connectivity index (χ0v) is 16.8. The lowest BCUT2D eigenvalue weighted by atomic mass is 9.76. The Morgan fingerprint density at radius 2 is 1.90 bits per heavy atom. The van der Waals surface area contributed by atoms with E-state index in [1.807, 2.05) is 25.1 Å². The van der Waals surface area contributed by atoms with Crippen molar-refractivity contribution in [2.75, 3.05) is 23.3 Å². The van der Waals surface area contributed by atoms with Crippen molar-refractivity contribution < 1.29 is 4.79 Å². The lowest BCUT2D eigenvalue weighted by molar-refractivity contribution is -0.116.